The van der Waals surface area contributed by atoms with Gasteiger partial charge in [0.25, 0.3) is 0 Å². The molecular weight excluding hydrogens is 399 g/mol. The van der Waals surface area contributed by atoms with E-state index < -0.39 is 0 Å². The second-order valence-electron chi connectivity index (χ2n) is 8.14. The molecule has 9 nitrogen and oxygen atoms in total. The zero-order valence-electron chi connectivity index (χ0n) is 17.5. The lowest BCUT2D eigenvalue weighted by Gasteiger charge is -2.27. The molecule has 0 amide bonds. The first-order valence-electron chi connectivity index (χ1n) is 10.2. The third-order valence-corrected chi connectivity index (χ3v) is 5.64. The van der Waals surface area contributed by atoms with Crippen molar-refractivity contribution in [1.82, 2.24) is 34.9 Å². The summed E-state index contributed by atoms with van der Waals surface area (Å²) in [6.45, 7) is 9.46. The minimum atomic E-state index is -0.388. The van der Waals surface area contributed by atoms with Crippen LogP contribution in [0, 0.1) is 0 Å². The fourth-order valence-corrected chi connectivity index (χ4v) is 3.52. The van der Waals surface area contributed by atoms with Crippen LogP contribution in [-0.2, 0) is 17.8 Å². The van der Waals surface area contributed by atoms with Crippen molar-refractivity contribution >= 4 is 18.5 Å². The molecule has 0 spiro atoms. The average Bonchev–Trinajstić information content (AvgIpc) is 3.14. The van der Waals surface area contributed by atoms with E-state index >= 15 is 0 Å². The highest BCUT2D eigenvalue weighted by molar-refractivity contribution is 5.63. The van der Waals surface area contributed by atoms with E-state index in [4.69, 9.17) is 4.74 Å². The number of hydrogen-bond donors (Lipinski definition) is 1. The first kappa shape index (κ1) is 19.4. The van der Waals surface area contributed by atoms with E-state index in [0.717, 1.165) is 37.6 Å². The van der Waals surface area contributed by atoms with E-state index in [2.05, 4.69) is 41.7 Å². The van der Waals surface area contributed by atoms with E-state index in [0.29, 0.717) is 28.5 Å². The number of nitrogens with one attached hydrogen (secondary N) is 1. The Morgan fingerprint density at radius 2 is 2.10 bits per heavy atom. The van der Waals surface area contributed by atoms with Gasteiger partial charge in [-0.1, -0.05) is 6.58 Å². The maximum atomic E-state index is 14.2. The van der Waals surface area contributed by atoms with Gasteiger partial charge in [0.05, 0.1) is 24.1 Å². The summed E-state index contributed by atoms with van der Waals surface area (Å²) in [5.74, 6) is 1.45. The maximum absolute atomic E-state index is 14.2. The predicted molar refractivity (Wildman–Crippen MR) is 112 cm³/mol. The van der Waals surface area contributed by atoms with Gasteiger partial charge in [0.1, 0.15) is 41.4 Å². The number of anilines is 1. The van der Waals surface area contributed by atoms with Gasteiger partial charge in [-0.2, -0.15) is 10.2 Å². The molecule has 5 rings (SSSR count). The molecule has 31 heavy (non-hydrogen) atoms. The predicted octanol–water partition coefficient (Wildman–Crippen LogP) is 1.44. The number of fused-ring (bicyclic) bond motifs is 1. The van der Waals surface area contributed by atoms with Gasteiger partial charge in [0.2, 0.25) is 0 Å². The van der Waals surface area contributed by atoms with Crippen LogP contribution >= 0.6 is 0 Å². The molecule has 160 valence electrons. The summed E-state index contributed by atoms with van der Waals surface area (Å²) < 4.78 is 22.0. The van der Waals surface area contributed by atoms with Crippen molar-refractivity contribution in [2.75, 3.05) is 11.4 Å². The molecule has 1 saturated carbocycles. The number of nitrogens with zero attached hydrogens (tertiary/aromatic N) is 7. The average molecular weight is 422 g/mol. The zero-order chi connectivity index (χ0) is 21.6. The molecule has 0 aromatic carbocycles. The van der Waals surface area contributed by atoms with Crippen LogP contribution in [0.25, 0.3) is 24.0 Å². The summed E-state index contributed by atoms with van der Waals surface area (Å²) in [6.07, 6.45) is 6.53. The molecule has 4 heterocycles. The van der Waals surface area contributed by atoms with E-state index in [9.17, 15) is 4.39 Å². The molecule has 0 bridgehead atoms. The monoisotopic (exact) mass is 422 g/mol. The Morgan fingerprint density at radius 3 is 2.87 bits per heavy atom. The summed E-state index contributed by atoms with van der Waals surface area (Å²) >= 11 is 0. The van der Waals surface area contributed by atoms with Gasteiger partial charge in [0.15, 0.2) is 5.76 Å². The van der Waals surface area contributed by atoms with E-state index in [1.165, 1.54) is 13.3 Å². The molecule has 1 aliphatic heterocycles. The van der Waals surface area contributed by atoms with Crippen molar-refractivity contribution in [1.29, 1.82) is 0 Å². The number of hydrogen-bond acceptors (Lipinski definition) is 7. The molecule has 0 saturated heterocycles. The lowest BCUT2D eigenvalue weighted by molar-refractivity contribution is 0.117. The Balaban J connectivity index is 1.50. The van der Waals surface area contributed by atoms with Crippen molar-refractivity contribution in [3.05, 3.63) is 46.7 Å². The Hall–Kier alpha value is -3.56. The normalized spacial score (nSPS) is 18.5. The van der Waals surface area contributed by atoms with Crippen molar-refractivity contribution in [2.24, 2.45) is 0 Å². The standard InChI is InChI=1S/C21H23FN8O/c1-13(22)17(31-21(3)4-5-21)8-15-14(2)27-28-20(15)16-9-18(24-11-23-16)29-6-7-30-19(10-29)25-12-26-30/h8-9,11-12,27H,2,4-7,10H2,1,3H3/b15-8+,17-13-. The lowest BCUT2D eigenvalue weighted by Crippen LogP contribution is -2.34. The zero-order valence-corrected chi connectivity index (χ0v) is 17.5. The topological polar surface area (TPSA) is 97.6 Å². The van der Waals surface area contributed by atoms with E-state index in [-0.39, 0.29) is 17.2 Å². The smallest absolute Gasteiger partial charge is 0.151 e. The highest BCUT2D eigenvalue weighted by Gasteiger charge is 2.40. The Morgan fingerprint density at radius 1 is 1.26 bits per heavy atom. The van der Waals surface area contributed by atoms with Crippen LogP contribution in [0.4, 0.5) is 10.2 Å². The lowest BCUT2D eigenvalue weighted by atomic mass is 10.2. The third-order valence-electron chi connectivity index (χ3n) is 5.64. The molecule has 1 fully saturated rings. The van der Waals surface area contributed by atoms with Crippen molar-refractivity contribution in [2.45, 2.75) is 45.4 Å². The van der Waals surface area contributed by atoms with Crippen LogP contribution < -0.4 is 15.5 Å². The molecule has 2 aliphatic rings. The number of halogens is 1. The van der Waals surface area contributed by atoms with Crippen LogP contribution in [-0.4, -0.2) is 47.1 Å². The van der Waals surface area contributed by atoms with Gasteiger partial charge in [-0.15, -0.1) is 0 Å². The molecular formula is C21H23FN8O. The SMILES string of the molecule is C=c1[nH]nc(-c2cc(N3CCn4ncnc4C3)ncn2)/c1=C/C(OC1(C)CC1)=C(\C)F. The molecule has 0 atom stereocenters. The second-order valence-corrected chi connectivity index (χ2v) is 8.14. The van der Waals surface area contributed by atoms with Crippen molar-refractivity contribution in [3.63, 3.8) is 0 Å². The van der Waals surface area contributed by atoms with Crippen molar-refractivity contribution in [3.8, 4) is 11.4 Å². The van der Waals surface area contributed by atoms with Crippen LogP contribution in [0.3, 0.4) is 0 Å². The molecule has 1 N–H and O–H groups in total. The van der Waals surface area contributed by atoms with E-state index in [1.54, 1.807) is 12.4 Å². The van der Waals surface area contributed by atoms with E-state index in [1.807, 2.05) is 17.7 Å². The third kappa shape index (κ3) is 3.80. The van der Waals surface area contributed by atoms with Crippen molar-refractivity contribution < 1.29 is 9.13 Å². The summed E-state index contributed by atoms with van der Waals surface area (Å²) in [4.78, 5) is 15.2. The minimum absolute atomic E-state index is 0.192. The minimum Gasteiger partial charge on any atom is -0.485 e. The molecule has 1 aliphatic carbocycles. The van der Waals surface area contributed by atoms with Crippen LogP contribution in [0.15, 0.2) is 30.3 Å². The quantitative estimate of drug-likeness (QED) is 0.622. The Bertz CT molecular complexity index is 1270. The highest BCUT2D eigenvalue weighted by atomic mass is 19.1. The Kier molecular flexibility index (Phi) is 4.57. The fraction of sp³-hybridized carbons (Fsp3) is 0.381. The van der Waals surface area contributed by atoms with Gasteiger partial charge in [-0.05, 0) is 32.8 Å². The number of ether oxygens (including phenoxy) is 1. The largest absolute Gasteiger partial charge is 0.485 e. The van der Waals surface area contributed by atoms with Crippen LogP contribution in [0.2, 0.25) is 0 Å². The number of aromatic nitrogens is 7. The van der Waals surface area contributed by atoms with Gasteiger partial charge < -0.3 is 9.64 Å². The second kappa shape index (κ2) is 7.29. The maximum Gasteiger partial charge on any atom is 0.151 e. The molecule has 0 unspecified atom stereocenters. The van der Waals surface area contributed by atoms with Gasteiger partial charge in [0, 0.05) is 17.8 Å². The number of rotatable bonds is 5. The first-order valence-corrected chi connectivity index (χ1v) is 10.2. The van der Waals surface area contributed by atoms with Gasteiger partial charge in [-0.3, -0.25) is 5.10 Å². The highest BCUT2D eigenvalue weighted by Crippen LogP contribution is 2.41. The fourth-order valence-electron chi connectivity index (χ4n) is 3.52. The number of aromatic amines is 1. The number of H-pyrrole nitrogens is 1. The summed E-state index contributed by atoms with van der Waals surface area (Å²) in [6, 6.07) is 1.87. The van der Waals surface area contributed by atoms with Crippen LogP contribution in [0.5, 0.6) is 0 Å². The summed E-state index contributed by atoms with van der Waals surface area (Å²) in [7, 11) is 0. The summed E-state index contributed by atoms with van der Waals surface area (Å²) in [5.41, 5.74) is 0.876. The van der Waals surface area contributed by atoms with Crippen LogP contribution in [0.1, 0.15) is 32.5 Å². The number of allylic oxidation sites excluding steroid dienone is 2. The van der Waals surface area contributed by atoms with Gasteiger partial charge >= 0.3 is 0 Å². The first-order chi connectivity index (χ1) is 14.9. The van der Waals surface area contributed by atoms with Gasteiger partial charge in [-0.25, -0.2) is 24.0 Å². The molecule has 3 aromatic rings. The summed E-state index contributed by atoms with van der Waals surface area (Å²) in [5, 5.41) is 12.7. The molecule has 10 heteroatoms. The molecule has 3 aromatic heterocycles. The Labute approximate surface area is 178 Å². The molecule has 0 radical (unpaired) electrons.